The number of benzene rings is 1. The quantitative estimate of drug-likeness (QED) is 0.644. The molecule has 96 valence electrons. The summed E-state index contributed by atoms with van der Waals surface area (Å²) >= 11 is 3.76. The van der Waals surface area contributed by atoms with E-state index in [1.54, 1.807) is 0 Å². The number of hydrogen-bond donors (Lipinski definition) is 0. The maximum absolute atomic E-state index is 5.64. The predicted octanol–water partition coefficient (Wildman–Crippen LogP) is 5.35. The van der Waals surface area contributed by atoms with E-state index in [2.05, 4.69) is 54.0 Å². The maximum atomic E-state index is 5.64. The van der Waals surface area contributed by atoms with Gasteiger partial charge >= 0.3 is 0 Å². The van der Waals surface area contributed by atoms with E-state index in [0.717, 1.165) is 11.7 Å². The van der Waals surface area contributed by atoms with E-state index in [-0.39, 0.29) is 6.10 Å². The molecule has 1 rings (SSSR count). The van der Waals surface area contributed by atoms with E-state index in [0.29, 0.717) is 4.83 Å². The van der Waals surface area contributed by atoms with Gasteiger partial charge < -0.3 is 4.74 Å². The first-order valence-electron chi connectivity index (χ1n) is 6.43. The Morgan fingerprint density at radius 2 is 1.71 bits per heavy atom. The minimum atomic E-state index is 0.237. The van der Waals surface area contributed by atoms with Gasteiger partial charge in [-0.3, -0.25) is 0 Å². The van der Waals surface area contributed by atoms with E-state index in [1.165, 1.54) is 18.4 Å². The standard InChI is InChI=1S/C15H23BrO/c1-5-12(4)10-15(16)13-6-8-14(9-7-13)17-11(2)3/h6-9,11-12,15H,5,10H2,1-4H3. The van der Waals surface area contributed by atoms with Crippen molar-refractivity contribution in [3.8, 4) is 5.75 Å². The van der Waals surface area contributed by atoms with Crippen molar-refractivity contribution in [2.75, 3.05) is 0 Å². The fraction of sp³-hybridized carbons (Fsp3) is 0.600. The Bertz CT molecular complexity index is 318. The van der Waals surface area contributed by atoms with Crippen molar-refractivity contribution in [2.45, 2.75) is 51.5 Å². The first-order valence-corrected chi connectivity index (χ1v) is 7.35. The van der Waals surface area contributed by atoms with Gasteiger partial charge in [0.1, 0.15) is 5.75 Å². The van der Waals surface area contributed by atoms with Gasteiger partial charge in [0.15, 0.2) is 0 Å². The minimum Gasteiger partial charge on any atom is -0.491 e. The number of halogens is 1. The molecule has 0 aliphatic heterocycles. The highest BCUT2D eigenvalue weighted by atomic mass is 79.9. The Morgan fingerprint density at radius 1 is 1.12 bits per heavy atom. The van der Waals surface area contributed by atoms with Crippen molar-refractivity contribution in [3.05, 3.63) is 29.8 Å². The van der Waals surface area contributed by atoms with Gasteiger partial charge in [0, 0.05) is 4.83 Å². The second-order valence-corrected chi connectivity index (χ2v) is 6.06. The lowest BCUT2D eigenvalue weighted by molar-refractivity contribution is 0.242. The van der Waals surface area contributed by atoms with Gasteiger partial charge in [-0.05, 0) is 43.9 Å². The summed E-state index contributed by atoms with van der Waals surface area (Å²) in [6, 6.07) is 8.42. The maximum Gasteiger partial charge on any atom is 0.119 e. The van der Waals surface area contributed by atoms with Crippen LogP contribution in [-0.4, -0.2) is 6.10 Å². The largest absolute Gasteiger partial charge is 0.491 e. The van der Waals surface area contributed by atoms with Crippen LogP contribution in [0.25, 0.3) is 0 Å². The zero-order valence-corrected chi connectivity index (χ0v) is 12.8. The van der Waals surface area contributed by atoms with Gasteiger partial charge in [-0.15, -0.1) is 0 Å². The summed E-state index contributed by atoms with van der Waals surface area (Å²) in [6.07, 6.45) is 2.65. The number of hydrogen-bond acceptors (Lipinski definition) is 1. The van der Waals surface area contributed by atoms with Crippen molar-refractivity contribution in [3.63, 3.8) is 0 Å². The summed E-state index contributed by atoms with van der Waals surface area (Å²) in [5, 5.41) is 0. The molecule has 0 radical (unpaired) electrons. The summed E-state index contributed by atoms with van der Waals surface area (Å²) in [4.78, 5) is 0.450. The van der Waals surface area contributed by atoms with E-state index < -0.39 is 0 Å². The molecule has 1 nitrogen and oxygen atoms in total. The van der Waals surface area contributed by atoms with Crippen LogP contribution in [0.5, 0.6) is 5.75 Å². The highest BCUT2D eigenvalue weighted by Crippen LogP contribution is 2.31. The monoisotopic (exact) mass is 298 g/mol. The minimum absolute atomic E-state index is 0.237. The van der Waals surface area contributed by atoms with Crippen molar-refractivity contribution in [1.29, 1.82) is 0 Å². The van der Waals surface area contributed by atoms with Crippen molar-refractivity contribution in [1.82, 2.24) is 0 Å². The summed E-state index contributed by atoms with van der Waals surface area (Å²) in [5.74, 6) is 1.71. The molecule has 0 N–H and O–H groups in total. The van der Waals surface area contributed by atoms with Gasteiger partial charge in [0.25, 0.3) is 0 Å². The third-order valence-electron chi connectivity index (χ3n) is 2.92. The van der Waals surface area contributed by atoms with Crippen LogP contribution < -0.4 is 4.74 Å². The topological polar surface area (TPSA) is 9.23 Å². The second kappa shape index (κ2) is 7.05. The molecule has 0 amide bonds. The van der Waals surface area contributed by atoms with Crippen LogP contribution in [0.2, 0.25) is 0 Å². The second-order valence-electron chi connectivity index (χ2n) is 4.95. The van der Waals surface area contributed by atoms with Crippen LogP contribution >= 0.6 is 15.9 Å². The molecule has 0 heterocycles. The lowest BCUT2D eigenvalue weighted by Gasteiger charge is -2.16. The summed E-state index contributed by atoms with van der Waals surface area (Å²) in [7, 11) is 0. The third kappa shape index (κ3) is 5.12. The molecule has 0 aromatic heterocycles. The van der Waals surface area contributed by atoms with Crippen LogP contribution in [0.4, 0.5) is 0 Å². The predicted molar refractivity (Wildman–Crippen MR) is 77.9 cm³/mol. The van der Waals surface area contributed by atoms with Crippen LogP contribution in [-0.2, 0) is 0 Å². The Labute approximate surface area is 114 Å². The van der Waals surface area contributed by atoms with E-state index in [9.17, 15) is 0 Å². The molecule has 1 aromatic rings. The lowest BCUT2D eigenvalue weighted by Crippen LogP contribution is -2.05. The zero-order valence-electron chi connectivity index (χ0n) is 11.2. The van der Waals surface area contributed by atoms with Gasteiger partial charge in [0.2, 0.25) is 0 Å². The van der Waals surface area contributed by atoms with Crippen molar-refractivity contribution in [2.24, 2.45) is 5.92 Å². The lowest BCUT2D eigenvalue weighted by atomic mass is 9.99. The fourth-order valence-corrected chi connectivity index (χ4v) is 2.63. The molecule has 0 aliphatic rings. The van der Waals surface area contributed by atoms with Crippen molar-refractivity contribution < 1.29 is 4.74 Å². The molecule has 0 fully saturated rings. The van der Waals surface area contributed by atoms with Gasteiger partial charge in [0.05, 0.1) is 6.10 Å². The summed E-state index contributed by atoms with van der Waals surface area (Å²) in [5.41, 5.74) is 1.33. The van der Waals surface area contributed by atoms with Crippen LogP contribution in [0.15, 0.2) is 24.3 Å². The summed E-state index contributed by atoms with van der Waals surface area (Å²) in [6.45, 7) is 8.63. The molecule has 17 heavy (non-hydrogen) atoms. The molecule has 0 bridgehead atoms. The van der Waals surface area contributed by atoms with Crippen molar-refractivity contribution >= 4 is 15.9 Å². The average Bonchev–Trinajstić information content (AvgIpc) is 2.28. The molecule has 0 spiro atoms. The normalized spacial score (nSPS) is 14.7. The Morgan fingerprint density at radius 3 is 2.18 bits per heavy atom. The van der Waals surface area contributed by atoms with Crippen LogP contribution in [0.1, 0.15) is 50.9 Å². The Kier molecular flexibility index (Phi) is 6.04. The Hall–Kier alpha value is -0.500. The molecule has 0 saturated heterocycles. The molecule has 0 aliphatic carbocycles. The highest BCUT2D eigenvalue weighted by molar-refractivity contribution is 9.09. The first kappa shape index (κ1) is 14.6. The highest BCUT2D eigenvalue weighted by Gasteiger charge is 2.11. The summed E-state index contributed by atoms with van der Waals surface area (Å²) < 4.78 is 5.64. The van der Waals surface area contributed by atoms with Crippen LogP contribution in [0, 0.1) is 5.92 Å². The molecule has 1 aromatic carbocycles. The first-order chi connectivity index (χ1) is 8.02. The third-order valence-corrected chi connectivity index (χ3v) is 3.82. The molecular weight excluding hydrogens is 276 g/mol. The average molecular weight is 299 g/mol. The SMILES string of the molecule is CCC(C)CC(Br)c1ccc(OC(C)C)cc1. The van der Waals surface area contributed by atoms with Gasteiger partial charge in [-0.25, -0.2) is 0 Å². The van der Waals surface area contributed by atoms with E-state index >= 15 is 0 Å². The molecule has 2 unspecified atom stereocenters. The number of ether oxygens (including phenoxy) is 1. The fourth-order valence-electron chi connectivity index (χ4n) is 1.68. The number of alkyl halides is 1. The Balaban J connectivity index is 2.60. The van der Waals surface area contributed by atoms with E-state index in [1.807, 2.05) is 13.8 Å². The molecule has 2 atom stereocenters. The van der Waals surface area contributed by atoms with E-state index in [4.69, 9.17) is 4.74 Å². The van der Waals surface area contributed by atoms with Gasteiger partial charge in [-0.2, -0.15) is 0 Å². The van der Waals surface area contributed by atoms with Gasteiger partial charge in [-0.1, -0.05) is 48.3 Å². The molecule has 2 heteroatoms. The zero-order chi connectivity index (χ0) is 12.8. The number of rotatable bonds is 6. The smallest absolute Gasteiger partial charge is 0.119 e. The molecular formula is C15H23BrO. The molecule has 0 saturated carbocycles. The van der Waals surface area contributed by atoms with Crippen LogP contribution in [0.3, 0.4) is 0 Å².